The molecule has 22 heavy (non-hydrogen) atoms. The summed E-state index contributed by atoms with van der Waals surface area (Å²) in [5.74, 6) is 3.79. The number of nitrogens with one attached hydrogen (secondary N) is 1. The van der Waals surface area contributed by atoms with Crippen LogP contribution in [0.3, 0.4) is 0 Å². The Morgan fingerprint density at radius 2 is 2.27 bits per heavy atom. The van der Waals surface area contributed by atoms with Crippen molar-refractivity contribution in [1.29, 1.82) is 0 Å². The molecule has 110 valence electrons. The van der Waals surface area contributed by atoms with Gasteiger partial charge in [-0.1, -0.05) is 18.1 Å². The Kier molecular flexibility index (Phi) is 3.71. The molecule has 2 aromatic rings. The van der Waals surface area contributed by atoms with Crippen LogP contribution in [0.4, 0.5) is 5.69 Å². The van der Waals surface area contributed by atoms with Crippen molar-refractivity contribution >= 4 is 12.0 Å². The first-order chi connectivity index (χ1) is 10.7. The lowest BCUT2D eigenvalue weighted by Crippen LogP contribution is -2.24. The van der Waals surface area contributed by atoms with Crippen molar-refractivity contribution in [3.63, 3.8) is 0 Å². The highest BCUT2D eigenvalue weighted by Gasteiger charge is 2.24. The first-order valence-corrected chi connectivity index (χ1v) is 6.88. The summed E-state index contributed by atoms with van der Waals surface area (Å²) in [5, 5.41) is 3.38. The lowest BCUT2D eigenvalue weighted by Gasteiger charge is -2.29. The van der Waals surface area contributed by atoms with E-state index in [0.717, 1.165) is 23.1 Å². The van der Waals surface area contributed by atoms with Gasteiger partial charge in [-0.15, -0.1) is 6.42 Å². The topological polar surface area (TPSA) is 47.6 Å². The van der Waals surface area contributed by atoms with Crippen LogP contribution in [0, 0.1) is 12.3 Å². The molecule has 0 saturated carbocycles. The number of rotatable bonds is 3. The van der Waals surface area contributed by atoms with Crippen LogP contribution in [0.25, 0.3) is 0 Å². The third-order valence-electron chi connectivity index (χ3n) is 3.61. The maximum atomic E-state index is 11.0. The molecular formula is C18H15NO3. The van der Waals surface area contributed by atoms with E-state index in [0.29, 0.717) is 23.7 Å². The van der Waals surface area contributed by atoms with Crippen molar-refractivity contribution in [1.82, 2.24) is 0 Å². The molecule has 4 nitrogen and oxygen atoms in total. The fourth-order valence-electron chi connectivity index (χ4n) is 2.52. The Morgan fingerprint density at radius 3 is 3.00 bits per heavy atom. The first-order valence-electron chi connectivity index (χ1n) is 6.88. The van der Waals surface area contributed by atoms with E-state index in [1.54, 1.807) is 19.2 Å². The lowest BCUT2D eigenvalue weighted by molar-refractivity contribution is 0.112. The van der Waals surface area contributed by atoms with Crippen LogP contribution in [-0.2, 0) is 0 Å². The second-order valence-corrected chi connectivity index (χ2v) is 5.00. The molecule has 1 aliphatic rings. The third kappa shape index (κ3) is 2.49. The number of carbonyl (C=O) groups excluding carboxylic acids is 1. The minimum atomic E-state index is -0.0348. The summed E-state index contributed by atoms with van der Waals surface area (Å²) in [7, 11) is 1.55. The van der Waals surface area contributed by atoms with E-state index >= 15 is 0 Å². The largest absolute Gasteiger partial charge is 0.493 e. The number of methoxy groups -OCH3 is 1. The molecule has 3 rings (SSSR count). The maximum absolute atomic E-state index is 11.0. The standard InChI is InChI=1S/C18H15NO3/c1-3-12-5-4-6-14(7-12)16-11-22-18-15(19-16)8-13(10-20)9-17(18)21-2/h1,4-10,16,19H,11H2,2H3. The van der Waals surface area contributed by atoms with Crippen molar-refractivity contribution in [2.75, 3.05) is 19.0 Å². The number of aldehydes is 1. The number of carbonyl (C=O) groups is 1. The molecule has 0 aromatic heterocycles. The average Bonchev–Trinajstić information content (AvgIpc) is 2.60. The minimum absolute atomic E-state index is 0.0348. The zero-order valence-corrected chi connectivity index (χ0v) is 12.1. The van der Waals surface area contributed by atoms with Gasteiger partial charge >= 0.3 is 0 Å². The highest BCUT2D eigenvalue weighted by molar-refractivity contribution is 5.81. The van der Waals surface area contributed by atoms with Gasteiger partial charge in [-0.3, -0.25) is 4.79 Å². The summed E-state index contributed by atoms with van der Waals surface area (Å²) in [6.07, 6.45) is 6.23. The zero-order valence-electron chi connectivity index (χ0n) is 12.1. The second-order valence-electron chi connectivity index (χ2n) is 5.00. The molecule has 0 aliphatic carbocycles. The van der Waals surface area contributed by atoms with E-state index in [1.165, 1.54) is 0 Å². The van der Waals surface area contributed by atoms with Crippen molar-refractivity contribution in [2.45, 2.75) is 6.04 Å². The number of anilines is 1. The van der Waals surface area contributed by atoms with Crippen LogP contribution in [0.1, 0.15) is 27.5 Å². The van der Waals surface area contributed by atoms with Gasteiger partial charge in [-0.05, 0) is 29.8 Å². The first kappa shape index (κ1) is 14.0. The molecule has 1 atom stereocenters. The Labute approximate surface area is 129 Å². The second kappa shape index (κ2) is 5.82. The smallest absolute Gasteiger partial charge is 0.184 e. The van der Waals surface area contributed by atoms with Crippen LogP contribution in [0.15, 0.2) is 36.4 Å². The molecule has 2 aromatic carbocycles. The van der Waals surface area contributed by atoms with Crippen LogP contribution in [0.2, 0.25) is 0 Å². The molecule has 0 saturated heterocycles. The minimum Gasteiger partial charge on any atom is -0.493 e. The zero-order chi connectivity index (χ0) is 15.5. The van der Waals surface area contributed by atoms with Crippen molar-refractivity contribution in [3.05, 3.63) is 53.1 Å². The molecular weight excluding hydrogens is 278 g/mol. The Hall–Kier alpha value is -2.93. The quantitative estimate of drug-likeness (QED) is 0.698. The van der Waals surface area contributed by atoms with E-state index in [2.05, 4.69) is 11.2 Å². The van der Waals surface area contributed by atoms with Gasteiger partial charge in [0.1, 0.15) is 12.9 Å². The predicted molar refractivity (Wildman–Crippen MR) is 84.6 cm³/mol. The summed E-state index contributed by atoms with van der Waals surface area (Å²) in [5.41, 5.74) is 3.13. The highest BCUT2D eigenvalue weighted by Crippen LogP contribution is 2.41. The Morgan fingerprint density at radius 1 is 1.41 bits per heavy atom. The van der Waals surface area contributed by atoms with Crippen LogP contribution in [-0.4, -0.2) is 20.0 Å². The predicted octanol–water partition coefficient (Wildman–Crippen LogP) is 3.03. The summed E-state index contributed by atoms with van der Waals surface area (Å²) in [6.45, 7) is 0.456. The van der Waals surface area contributed by atoms with E-state index in [4.69, 9.17) is 15.9 Å². The Balaban J connectivity index is 1.96. The van der Waals surface area contributed by atoms with Crippen LogP contribution >= 0.6 is 0 Å². The molecule has 0 spiro atoms. The summed E-state index contributed by atoms with van der Waals surface area (Å²) in [4.78, 5) is 11.0. The molecule has 4 heteroatoms. The number of benzene rings is 2. The molecule has 0 bridgehead atoms. The lowest BCUT2D eigenvalue weighted by atomic mass is 10.0. The summed E-state index contributed by atoms with van der Waals surface area (Å²) < 4.78 is 11.1. The maximum Gasteiger partial charge on any atom is 0.184 e. The molecule has 1 unspecified atom stereocenters. The highest BCUT2D eigenvalue weighted by atomic mass is 16.5. The number of fused-ring (bicyclic) bond motifs is 1. The van der Waals surface area contributed by atoms with Crippen LogP contribution < -0.4 is 14.8 Å². The molecule has 1 N–H and O–H groups in total. The fourth-order valence-corrected chi connectivity index (χ4v) is 2.52. The number of terminal acetylenes is 1. The number of ether oxygens (including phenoxy) is 2. The van der Waals surface area contributed by atoms with E-state index in [1.807, 2.05) is 24.3 Å². The molecule has 1 aliphatic heterocycles. The van der Waals surface area contributed by atoms with Gasteiger partial charge in [0.25, 0.3) is 0 Å². The summed E-state index contributed by atoms with van der Waals surface area (Å²) >= 11 is 0. The molecule has 0 fully saturated rings. The summed E-state index contributed by atoms with van der Waals surface area (Å²) in [6, 6.07) is 11.1. The molecule has 1 heterocycles. The van der Waals surface area contributed by atoms with Gasteiger partial charge in [0.15, 0.2) is 11.5 Å². The van der Waals surface area contributed by atoms with Gasteiger partial charge in [0.05, 0.1) is 18.8 Å². The number of hydrogen-bond donors (Lipinski definition) is 1. The van der Waals surface area contributed by atoms with Gasteiger partial charge in [-0.2, -0.15) is 0 Å². The van der Waals surface area contributed by atoms with Crippen molar-refractivity contribution < 1.29 is 14.3 Å². The van der Waals surface area contributed by atoms with E-state index in [9.17, 15) is 4.79 Å². The fraction of sp³-hybridized carbons (Fsp3) is 0.167. The van der Waals surface area contributed by atoms with Crippen molar-refractivity contribution in [2.24, 2.45) is 0 Å². The molecule has 0 radical (unpaired) electrons. The SMILES string of the molecule is C#Cc1cccc(C2COc3c(cc(C=O)cc3OC)N2)c1. The van der Waals surface area contributed by atoms with E-state index < -0.39 is 0 Å². The average molecular weight is 293 g/mol. The molecule has 0 amide bonds. The third-order valence-corrected chi connectivity index (χ3v) is 3.61. The number of hydrogen-bond acceptors (Lipinski definition) is 4. The normalized spacial score (nSPS) is 15.7. The van der Waals surface area contributed by atoms with Gasteiger partial charge < -0.3 is 14.8 Å². The van der Waals surface area contributed by atoms with Gasteiger partial charge in [-0.25, -0.2) is 0 Å². The van der Waals surface area contributed by atoms with E-state index in [-0.39, 0.29) is 6.04 Å². The monoisotopic (exact) mass is 293 g/mol. The van der Waals surface area contributed by atoms with Crippen LogP contribution in [0.5, 0.6) is 11.5 Å². The Bertz CT molecular complexity index is 761. The van der Waals surface area contributed by atoms with Gasteiger partial charge in [0, 0.05) is 11.1 Å². The van der Waals surface area contributed by atoms with Gasteiger partial charge in [0.2, 0.25) is 0 Å². The van der Waals surface area contributed by atoms with Crippen molar-refractivity contribution in [3.8, 4) is 23.8 Å².